The molecule has 0 amide bonds. The number of rotatable bonds is 2. The van der Waals surface area contributed by atoms with E-state index < -0.39 is 0 Å². The van der Waals surface area contributed by atoms with Crippen LogP contribution in [0.25, 0.3) is 0 Å². The molecule has 0 aromatic carbocycles. The Balaban J connectivity index is 1.63. The van der Waals surface area contributed by atoms with Gasteiger partial charge in [0.2, 0.25) is 0 Å². The fourth-order valence-electron chi connectivity index (χ4n) is 7.44. The lowest BCUT2D eigenvalue weighted by atomic mass is 9.51. The minimum atomic E-state index is -0.285. The van der Waals surface area contributed by atoms with Gasteiger partial charge in [0.1, 0.15) is 5.78 Å². The Hall–Kier alpha value is -0.700. The van der Waals surface area contributed by atoms with Crippen LogP contribution in [-0.4, -0.2) is 17.0 Å². The number of carbonyl (C=O) groups is 1. The SMILES string of the molecule is CC(=O)[C@H]1CC[C@H]2[C@@H]3CC(F)=C4CCC(C(C)O)C[C@@H]4[C@H]3CC[C@]12C. The van der Waals surface area contributed by atoms with Gasteiger partial charge in [0.25, 0.3) is 0 Å². The molecule has 8 atom stereocenters. The number of fused-ring (bicyclic) bond motifs is 5. The molecule has 4 aliphatic carbocycles. The maximum Gasteiger partial charge on any atom is 0.133 e. The lowest BCUT2D eigenvalue weighted by Crippen LogP contribution is -2.48. The molecule has 4 rings (SSSR count). The predicted molar refractivity (Wildman–Crippen MR) is 96.5 cm³/mol. The number of ketones is 1. The molecule has 0 radical (unpaired) electrons. The van der Waals surface area contributed by atoms with E-state index in [0.717, 1.165) is 50.5 Å². The van der Waals surface area contributed by atoms with Gasteiger partial charge in [-0.3, -0.25) is 4.79 Å². The average molecular weight is 349 g/mol. The number of aliphatic hydroxyl groups excluding tert-OH is 1. The molecule has 1 N–H and O–H groups in total. The Labute approximate surface area is 151 Å². The number of hydrogen-bond donors (Lipinski definition) is 1. The molecule has 0 bridgehead atoms. The molecule has 3 saturated carbocycles. The summed E-state index contributed by atoms with van der Waals surface area (Å²) in [5.41, 5.74) is 1.17. The van der Waals surface area contributed by atoms with E-state index >= 15 is 4.39 Å². The first-order chi connectivity index (χ1) is 11.8. The van der Waals surface area contributed by atoms with Gasteiger partial charge in [-0.15, -0.1) is 0 Å². The van der Waals surface area contributed by atoms with Gasteiger partial charge in [-0.1, -0.05) is 6.92 Å². The van der Waals surface area contributed by atoms with Crippen molar-refractivity contribution in [1.29, 1.82) is 0 Å². The third-order valence-corrected chi connectivity index (χ3v) is 8.73. The topological polar surface area (TPSA) is 37.3 Å². The number of allylic oxidation sites excluding steroid dienone is 2. The van der Waals surface area contributed by atoms with Crippen molar-refractivity contribution in [2.24, 2.45) is 40.9 Å². The van der Waals surface area contributed by atoms with Gasteiger partial charge in [0, 0.05) is 12.3 Å². The molecule has 0 aliphatic heterocycles. The van der Waals surface area contributed by atoms with Gasteiger partial charge < -0.3 is 5.11 Å². The predicted octanol–water partition coefficient (Wildman–Crippen LogP) is 5.06. The molecule has 3 heteroatoms. The normalized spacial score (nSPS) is 47.7. The van der Waals surface area contributed by atoms with Crippen LogP contribution < -0.4 is 0 Å². The van der Waals surface area contributed by atoms with Crippen LogP contribution in [0.4, 0.5) is 4.39 Å². The van der Waals surface area contributed by atoms with Crippen molar-refractivity contribution in [3.8, 4) is 0 Å². The van der Waals surface area contributed by atoms with Crippen LogP contribution in [0.5, 0.6) is 0 Å². The van der Waals surface area contributed by atoms with E-state index in [9.17, 15) is 9.90 Å². The van der Waals surface area contributed by atoms with Crippen molar-refractivity contribution in [1.82, 2.24) is 0 Å². The molecule has 2 unspecified atom stereocenters. The number of aliphatic hydroxyl groups is 1. The maximum atomic E-state index is 15.0. The minimum Gasteiger partial charge on any atom is -0.393 e. The molecule has 0 spiro atoms. The number of hydrogen-bond acceptors (Lipinski definition) is 2. The smallest absolute Gasteiger partial charge is 0.133 e. The van der Waals surface area contributed by atoms with Crippen LogP contribution >= 0.6 is 0 Å². The molecule has 140 valence electrons. The Bertz CT molecular complexity index is 595. The minimum absolute atomic E-state index is 0.0864. The second-order valence-corrected chi connectivity index (χ2v) is 9.74. The lowest BCUT2D eigenvalue weighted by Gasteiger charge is -2.54. The molecular weight excluding hydrogens is 315 g/mol. The summed E-state index contributed by atoms with van der Waals surface area (Å²) in [5, 5.41) is 10.1. The lowest BCUT2D eigenvalue weighted by molar-refractivity contribution is -0.126. The van der Waals surface area contributed by atoms with E-state index in [4.69, 9.17) is 0 Å². The van der Waals surface area contributed by atoms with Gasteiger partial charge in [0.05, 0.1) is 11.9 Å². The fraction of sp³-hybridized carbons (Fsp3) is 0.864. The molecular formula is C22H33FO2. The highest BCUT2D eigenvalue weighted by Gasteiger charge is 2.57. The van der Waals surface area contributed by atoms with Gasteiger partial charge in [-0.2, -0.15) is 0 Å². The van der Waals surface area contributed by atoms with E-state index in [1.165, 1.54) is 0 Å². The number of halogens is 1. The maximum absolute atomic E-state index is 15.0. The van der Waals surface area contributed by atoms with E-state index in [1.54, 1.807) is 6.92 Å². The molecule has 3 fully saturated rings. The third kappa shape index (κ3) is 2.64. The van der Waals surface area contributed by atoms with Crippen molar-refractivity contribution < 1.29 is 14.3 Å². The van der Waals surface area contributed by atoms with E-state index in [2.05, 4.69) is 6.92 Å². The van der Waals surface area contributed by atoms with Crippen LogP contribution in [-0.2, 0) is 4.79 Å². The second-order valence-electron chi connectivity index (χ2n) is 9.74. The molecule has 25 heavy (non-hydrogen) atoms. The van der Waals surface area contributed by atoms with Crippen molar-refractivity contribution >= 4 is 5.78 Å². The van der Waals surface area contributed by atoms with Gasteiger partial charge in [0.15, 0.2) is 0 Å². The van der Waals surface area contributed by atoms with Crippen LogP contribution in [0.15, 0.2) is 11.4 Å². The highest BCUT2D eigenvalue weighted by atomic mass is 19.1. The Morgan fingerprint density at radius 1 is 1.24 bits per heavy atom. The number of Topliss-reactive ketones (excluding diaryl/α,β-unsaturated/α-hetero) is 1. The summed E-state index contributed by atoms with van der Waals surface area (Å²) >= 11 is 0. The fourth-order valence-corrected chi connectivity index (χ4v) is 7.44. The monoisotopic (exact) mass is 348 g/mol. The Morgan fingerprint density at radius 2 is 2.00 bits per heavy atom. The van der Waals surface area contributed by atoms with E-state index in [0.29, 0.717) is 41.8 Å². The van der Waals surface area contributed by atoms with E-state index in [1.807, 2.05) is 6.92 Å². The number of carbonyl (C=O) groups excluding carboxylic acids is 1. The Morgan fingerprint density at radius 3 is 2.68 bits per heavy atom. The molecule has 0 aromatic rings. The Kier molecular flexibility index (Phi) is 4.38. The first kappa shape index (κ1) is 17.7. The zero-order chi connectivity index (χ0) is 17.9. The van der Waals surface area contributed by atoms with Crippen molar-refractivity contribution in [2.45, 2.75) is 78.2 Å². The van der Waals surface area contributed by atoms with Crippen molar-refractivity contribution in [3.63, 3.8) is 0 Å². The van der Waals surface area contributed by atoms with Crippen molar-refractivity contribution in [3.05, 3.63) is 11.4 Å². The first-order valence-corrected chi connectivity index (χ1v) is 10.4. The first-order valence-electron chi connectivity index (χ1n) is 10.4. The third-order valence-electron chi connectivity index (χ3n) is 8.73. The van der Waals surface area contributed by atoms with Crippen LogP contribution in [0.1, 0.15) is 72.1 Å². The summed E-state index contributed by atoms with van der Waals surface area (Å²) in [6.45, 7) is 5.95. The quantitative estimate of drug-likeness (QED) is 0.757. The summed E-state index contributed by atoms with van der Waals surface area (Å²) < 4.78 is 15.0. The summed E-state index contributed by atoms with van der Waals surface area (Å²) in [6, 6.07) is 0. The molecule has 0 aromatic heterocycles. The summed E-state index contributed by atoms with van der Waals surface area (Å²) in [6.07, 6.45) is 7.41. The molecule has 0 saturated heterocycles. The van der Waals surface area contributed by atoms with Crippen LogP contribution in [0.3, 0.4) is 0 Å². The molecule has 2 nitrogen and oxygen atoms in total. The van der Waals surface area contributed by atoms with E-state index in [-0.39, 0.29) is 23.3 Å². The molecule has 0 heterocycles. The zero-order valence-electron chi connectivity index (χ0n) is 15.9. The van der Waals surface area contributed by atoms with Crippen LogP contribution in [0, 0.1) is 40.9 Å². The summed E-state index contributed by atoms with van der Waals surface area (Å²) in [4.78, 5) is 12.2. The van der Waals surface area contributed by atoms with Gasteiger partial charge in [-0.05, 0) is 99.4 Å². The summed E-state index contributed by atoms with van der Waals surface area (Å²) in [7, 11) is 0. The highest BCUT2D eigenvalue weighted by Crippen LogP contribution is 2.64. The highest BCUT2D eigenvalue weighted by molar-refractivity contribution is 5.79. The largest absolute Gasteiger partial charge is 0.393 e. The van der Waals surface area contributed by atoms with Crippen molar-refractivity contribution in [2.75, 3.05) is 0 Å². The van der Waals surface area contributed by atoms with Crippen LogP contribution in [0.2, 0.25) is 0 Å². The second kappa shape index (κ2) is 6.18. The molecule has 4 aliphatic rings. The van der Waals surface area contributed by atoms with Gasteiger partial charge >= 0.3 is 0 Å². The standard InChI is InChI=1S/C22H33FO2/c1-12(24)14-4-5-16-17(10-14)15-8-9-22(3)19(13(2)25)6-7-20(22)18(15)11-21(16)23/h12,14-15,17-20,24H,4-11H2,1-3H3/t12?,14?,15-,17-,18-,19-,20+,22-/m1/s1. The summed E-state index contributed by atoms with van der Waals surface area (Å²) in [5.74, 6) is 2.82. The zero-order valence-corrected chi connectivity index (χ0v) is 15.9. The van der Waals surface area contributed by atoms with Gasteiger partial charge in [-0.25, -0.2) is 4.39 Å². The average Bonchev–Trinajstić information content (AvgIpc) is 2.92.